The van der Waals surface area contributed by atoms with E-state index < -0.39 is 0 Å². The van der Waals surface area contributed by atoms with Crippen LogP contribution in [0.3, 0.4) is 0 Å². The molecule has 0 unspecified atom stereocenters. The van der Waals surface area contributed by atoms with Gasteiger partial charge in [-0.2, -0.15) is 0 Å². The van der Waals surface area contributed by atoms with Gasteiger partial charge < -0.3 is 21.2 Å². The number of hydrogen-bond acceptors (Lipinski definition) is 5. The average Bonchev–Trinajstić information content (AvgIpc) is 2.27. The fourth-order valence-corrected chi connectivity index (χ4v) is 1.51. The first-order valence-corrected chi connectivity index (χ1v) is 4.91. The maximum atomic E-state index is 11.3. The molecule has 1 heterocycles. The molecule has 5 N–H and O–H groups in total. The molecule has 0 aliphatic rings. The Hall–Kier alpha value is -2.50. The summed E-state index contributed by atoms with van der Waals surface area (Å²) in [6.45, 7) is 0. The summed E-state index contributed by atoms with van der Waals surface area (Å²) in [5.41, 5.74) is 12.0. The number of aromatic amines is 1. The van der Waals surface area contributed by atoms with Crippen LogP contribution in [0.5, 0.6) is 5.75 Å². The fourth-order valence-electron chi connectivity index (χ4n) is 1.51. The molecule has 2 aromatic rings. The Kier molecular flexibility index (Phi) is 2.70. The number of anilines is 2. The third kappa shape index (κ3) is 2.20. The highest BCUT2D eigenvalue weighted by Gasteiger charge is 2.09. The lowest BCUT2D eigenvalue weighted by molar-refractivity contribution is 0.416. The molecule has 0 fully saturated rings. The van der Waals surface area contributed by atoms with Gasteiger partial charge in [-0.25, -0.2) is 4.98 Å². The van der Waals surface area contributed by atoms with E-state index in [1.165, 1.54) is 13.2 Å². The zero-order valence-corrected chi connectivity index (χ0v) is 9.23. The van der Waals surface area contributed by atoms with E-state index in [-0.39, 0.29) is 11.4 Å². The number of ether oxygens (including phenoxy) is 1. The zero-order valence-electron chi connectivity index (χ0n) is 9.23. The van der Waals surface area contributed by atoms with Gasteiger partial charge in [-0.15, -0.1) is 0 Å². The van der Waals surface area contributed by atoms with Crippen molar-refractivity contribution in [2.24, 2.45) is 0 Å². The van der Waals surface area contributed by atoms with Crippen molar-refractivity contribution in [3.63, 3.8) is 0 Å². The largest absolute Gasteiger partial charge is 0.496 e. The van der Waals surface area contributed by atoms with Crippen LogP contribution in [0.1, 0.15) is 0 Å². The summed E-state index contributed by atoms with van der Waals surface area (Å²) in [6, 6.07) is 6.28. The van der Waals surface area contributed by atoms with Gasteiger partial charge >= 0.3 is 0 Å². The zero-order chi connectivity index (χ0) is 12.4. The molecule has 88 valence electrons. The van der Waals surface area contributed by atoms with Crippen LogP contribution in [0.15, 0.2) is 29.1 Å². The van der Waals surface area contributed by atoms with Crippen LogP contribution in [0, 0.1) is 0 Å². The minimum absolute atomic E-state index is 0.155. The van der Waals surface area contributed by atoms with Gasteiger partial charge in [0.15, 0.2) is 0 Å². The van der Waals surface area contributed by atoms with Gasteiger partial charge in [0.25, 0.3) is 5.56 Å². The molecule has 0 aliphatic heterocycles. The summed E-state index contributed by atoms with van der Waals surface area (Å²) in [6.07, 6.45) is 0. The highest BCUT2D eigenvalue weighted by Crippen LogP contribution is 2.28. The number of benzene rings is 1. The summed E-state index contributed by atoms with van der Waals surface area (Å²) >= 11 is 0. The molecule has 6 heteroatoms. The van der Waals surface area contributed by atoms with Gasteiger partial charge in [-0.05, 0) is 12.1 Å². The molecule has 1 aromatic heterocycles. The minimum atomic E-state index is -0.314. The van der Waals surface area contributed by atoms with Crippen molar-refractivity contribution in [1.29, 1.82) is 0 Å². The molecule has 0 spiro atoms. The third-order valence-corrected chi connectivity index (χ3v) is 2.24. The van der Waals surface area contributed by atoms with Crippen molar-refractivity contribution in [2.75, 3.05) is 18.6 Å². The van der Waals surface area contributed by atoms with Crippen molar-refractivity contribution in [3.05, 3.63) is 34.6 Å². The van der Waals surface area contributed by atoms with E-state index in [1.54, 1.807) is 18.2 Å². The topological polar surface area (TPSA) is 107 Å². The lowest BCUT2D eigenvalue weighted by atomic mass is 10.1. The Morgan fingerprint density at radius 3 is 2.71 bits per heavy atom. The van der Waals surface area contributed by atoms with Gasteiger partial charge in [-0.3, -0.25) is 4.79 Å². The maximum Gasteiger partial charge on any atom is 0.253 e. The van der Waals surface area contributed by atoms with Crippen LogP contribution in [-0.2, 0) is 0 Å². The second kappa shape index (κ2) is 4.17. The van der Waals surface area contributed by atoms with Crippen LogP contribution in [0.2, 0.25) is 0 Å². The molecule has 0 saturated carbocycles. The summed E-state index contributed by atoms with van der Waals surface area (Å²) in [5.74, 6) is 1.04. The third-order valence-electron chi connectivity index (χ3n) is 2.24. The number of nitrogens with two attached hydrogens (primary N) is 2. The predicted molar refractivity (Wildman–Crippen MR) is 65.7 cm³/mol. The van der Waals surface area contributed by atoms with Gasteiger partial charge in [-0.1, -0.05) is 0 Å². The Labute approximate surface area is 97.2 Å². The lowest BCUT2D eigenvalue weighted by Gasteiger charge is -2.08. The van der Waals surface area contributed by atoms with E-state index in [1.807, 2.05) is 0 Å². The average molecular weight is 232 g/mol. The van der Waals surface area contributed by atoms with E-state index in [2.05, 4.69) is 9.97 Å². The van der Waals surface area contributed by atoms with Crippen molar-refractivity contribution >= 4 is 11.5 Å². The quantitative estimate of drug-likeness (QED) is 0.657. The second-order valence-electron chi connectivity index (χ2n) is 3.48. The Morgan fingerprint density at radius 2 is 2.06 bits per heavy atom. The van der Waals surface area contributed by atoms with E-state index in [9.17, 15) is 4.79 Å². The molecule has 0 radical (unpaired) electrons. The monoisotopic (exact) mass is 232 g/mol. The Balaban J connectivity index is 2.63. The summed E-state index contributed by atoms with van der Waals surface area (Å²) < 4.78 is 5.18. The van der Waals surface area contributed by atoms with Gasteiger partial charge in [0, 0.05) is 17.8 Å². The number of H-pyrrole nitrogens is 1. The summed E-state index contributed by atoms with van der Waals surface area (Å²) in [5, 5.41) is 0. The number of nitrogen functional groups attached to an aromatic ring is 2. The normalized spacial score (nSPS) is 10.2. The molecular weight excluding hydrogens is 220 g/mol. The molecule has 1 aromatic carbocycles. The Bertz CT molecular complexity index is 607. The van der Waals surface area contributed by atoms with Crippen LogP contribution >= 0.6 is 0 Å². The fraction of sp³-hybridized carbons (Fsp3) is 0.0909. The highest BCUT2D eigenvalue weighted by molar-refractivity contribution is 5.68. The van der Waals surface area contributed by atoms with Crippen LogP contribution in [0.4, 0.5) is 11.5 Å². The minimum Gasteiger partial charge on any atom is -0.496 e. The van der Waals surface area contributed by atoms with E-state index in [4.69, 9.17) is 16.2 Å². The van der Waals surface area contributed by atoms with Gasteiger partial charge in [0.2, 0.25) is 0 Å². The van der Waals surface area contributed by atoms with Crippen LogP contribution < -0.4 is 21.8 Å². The molecule has 0 amide bonds. The Morgan fingerprint density at radius 1 is 1.29 bits per heavy atom. The van der Waals surface area contributed by atoms with E-state index in [0.29, 0.717) is 22.8 Å². The molecular formula is C11H12N4O2. The summed E-state index contributed by atoms with van der Waals surface area (Å²) in [7, 11) is 1.52. The molecule has 17 heavy (non-hydrogen) atoms. The van der Waals surface area contributed by atoms with E-state index in [0.717, 1.165) is 0 Å². The second-order valence-corrected chi connectivity index (χ2v) is 3.48. The molecule has 0 bridgehead atoms. The summed E-state index contributed by atoms with van der Waals surface area (Å²) in [4.78, 5) is 17.9. The number of hydrogen-bond donors (Lipinski definition) is 3. The highest BCUT2D eigenvalue weighted by atomic mass is 16.5. The van der Waals surface area contributed by atoms with Crippen LogP contribution in [-0.4, -0.2) is 17.1 Å². The van der Waals surface area contributed by atoms with Crippen molar-refractivity contribution in [3.8, 4) is 17.1 Å². The van der Waals surface area contributed by atoms with Crippen molar-refractivity contribution in [1.82, 2.24) is 9.97 Å². The number of nitrogens with zero attached hydrogens (tertiary/aromatic N) is 1. The molecule has 0 atom stereocenters. The SMILES string of the molecule is COc1cc(N)ccc1-c1nc(N)cc(=O)[nH]1. The number of rotatable bonds is 2. The van der Waals surface area contributed by atoms with Crippen LogP contribution in [0.25, 0.3) is 11.4 Å². The molecule has 0 aliphatic carbocycles. The van der Waals surface area contributed by atoms with Gasteiger partial charge in [0.1, 0.15) is 17.4 Å². The first kappa shape index (κ1) is 11.0. The predicted octanol–water partition coefficient (Wildman–Crippen LogP) is 0.610. The van der Waals surface area contributed by atoms with E-state index >= 15 is 0 Å². The standard InChI is InChI=1S/C11H12N4O2/c1-17-8-4-6(12)2-3-7(8)11-14-9(13)5-10(16)15-11/h2-5H,12H2,1H3,(H3,13,14,15,16). The number of methoxy groups -OCH3 is 1. The number of aromatic nitrogens is 2. The first-order valence-electron chi connectivity index (χ1n) is 4.91. The smallest absolute Gasteiger partial charge is 0.253 e. The molecule has 6 nitrogen and oxygen atoms in total. The first-order chi connectivity index (χ1) is 8.10. The van der Waals surface area contributed by atoms with Crippen molar-refractivity contribution in [2.45, 2.75) is 0 Å². The van der Waals surface area contributed by atoms with Gasteiger partial charge in [0.05, 0.1) is 12.7 Å². The number of nitrogens with one attached hydrogen (secondary N) is 1. The maximum absolute atomic E-state index is 11.3. The lowest BCUT2D eigenvalue weighted by Crippen LogP contribution is -2.10. The molecule has 2 rings (SSSR count). The van der Waals surface area contributed by atoms with Crippen molar-refractivity contribution < 1.29 is 4.74 Å². The molecule has 0 saturated heterocycles.